The molecule has 0 N–H and O–H groups in total. The van der Waals surface area contributed by atoms with Gasteiger partial charge in [-0.05, 0) is 30.3 Å². The van der Waals surface area contributed by atoms with Crippen LogP contribution in [0.25, 0.3) is 0 Å². The summed E-state index contributed by atoms with van der Waals surface area (Å²) in [7, 11) is 3.16. The second kappa shape index (κ2) is 7.38. The van der Waals surface area contributed by atoms with E-state index < -0.39 is 0 Å². The number of benzene rings is 1. The summed E-state index contributed by atoms with van der Waals surface area (Å²) < 4.78 is 20.8. The summed E-state index contributed by atoms with van der Waals surface area (Å²) >= 11 is 0. The van der Waals surface area contributed by atoms with Gasteiger partial charge in [0.15, 0.2) is 0 Å². The fourth-order valence-corrected chi connectivity index (χ4v) is 1.91. The Morgan fingerprint density at radius 2 is 2.05 bits per heavy atom. The van der Waals surface area contributed by atoms with Gasteiger partial charge in [-0.15, -0.1) is 0 Å². The Bertz CT molecular complexity index is 574. The third-order valence-corrected chi connectivity index (χ3v) is 3.03. The topological polar surface area (TPSA) is 57.9 Å². The van der Waals surface area contributed by atoms with Crippen molar-refractivity contribution in [1.82, 2.24) is 0 Å². The van der Waals surface area contributed by atoms with Gasteiger partial charge in [0.05, 0.1) is 26.9 Å². The molecule has 2 rings (SSSR count). The largest absolute Gasteiger partial charge is 0.497 e. The van der Waals surface area contributed by atoms with Crippen LogP contribution in [0.3, 0.4) is 0 Å². The molecule has 21 heavy (non-hydrogen) atoms. The van der Waals surface area contributed by atoms with E-state index in [0.29, 0.717) is 17.9 Å². The van der Waals surface area contributed by atoms with Crippen molar-refractivity contribution < 1.29 is 23.4 Å². The van der Waals surface area contributed by atoms with Crippen molar-refractivity contribution in [2.24, 2.45) is 0 Å². The van der Waals surface area contributed by atoms with Gasteiger partial charge >= 0.3 is 5.97 Å². The lowest BCUT2D eigenvalue weighted by molar-refractivity contribution is -0.145. The molecular formula is C16H18O5. The van der Waals surface area contributed by atoms with Crippen LogP contribution in [0.15, 0.2) is 41.0 Å². The predicted molar refractivity (Wildman–Crippen MR) is 76.4 cm³/mol. The van der Waals surface area contributed by atoms with Crippen LogP contribution < -0.4 is 9.47 Å². The molecular weight excluding hydrogens is 272 g/mol. The summed E-state index contributed by atoms with van der Waals surface area (Å²) in [6.07, 6.45) is 2.39. The Morgan fingerprint density at radius 1 is 1.19 bits per heavy atom. The summed E-state index contributed by atoms with van der Waals surface area (Å²) in [5.41, 5.74) is 0.767. The molecule has 0 radical (unpaired) electrons. The highest BCUT2D eigenvalue weighted by atomic mass is 16.5. The smallest absolute Gasteiger partial charge is 0.306 e. The number of aryl methyl sites for hydroxylation is 1. The maximum Gasteiger partial charge on any atom is 0.306 e. The quantitative estimate of drug-likeness (QED) is 0.734. The van der Waals surface area contributed by atoms with Crippen LogP contribution >= 0.6 is 0 Å². The van der Waals surface area contributed by atoms with E-state index in [2.05, 4.69) is 0 Å². The third-order valence-electron chi connectivity index (χ3n) is 3.03. The van der Waals surface area contributed by atoms with Gasteiger partial charge in [-0.1, -0.05) is 0 Å². The van der Waals surface area contributed by atoms with Gasteiger partial charge in [-0.2, -0.15) is 0 Å². The average Bonchev–Trinajstić information content (AvgIpc) is 3.04. The van der Waals surface area contributed by atoms with E-state index in [1.807, 2.05) is 6.07 Å². The van der Waals surface area contributed by atoms with Gasteiger partial charge < -0.3 is 18.6 Å². The van der Waals surface area contributed by atoms with E-state index in [4.69, 9.17) is 18.6 Å². The molecule has 0 unspecified atom stereocenters. The first-order chi connectivity index (χ1) is 10.2. The molecule has 0 bridgehead atoms. The Kier molecular flexibility index (Phi) is 5.26. The summed E-state index contributed by atoms with van der Waals surface area (Å²) in [6, 6.07) is 8.99. The first-order valence-electron chi connectivity index (χ1n) is 6.62. The second-order valence-electron chi connectivity index (χ2n) is 4.42. The zero-order valence-corrected chi connectivity index (χ0v) is 12.1. The number of esters is 1. The number of hydrogen-bond acceptors (Lipinski definition) is 5. The Hall–Kier alpha value is -2.43. The van der Waals surface area contributed by atoms with E-state index >= 15 is 0 Å². The van der Waals surface area contributed by atoms with Crippen molar-refractivity contribution in [3.05, 3.63) is 47.9 Å². The van der Waals surface area contributed by atoms with Crippen molar-refractivity contribution in [2.45, 2.75) is 19.4 Å². The lowest BCUT2D eigenvalue weighted by Gasteiger charge is -2.11. The molecule has 1 aromatic carbocycles. The highest BCUT2D eigenvalue weighted by Crippen LogP contribution is 2.24. The SMILES string of the molecule is COc1ccc(OC)c(COC(=O)CCc2ccco2)c1. The van der Waals surface area contributed by atoms with Gasteiger partial charge in [0, 0.05) is 12.0 Å². The van der Waals surface area contributed by atoms with Gasteiger partial charge in [0.25, 0.3) is 0 Å². The van der Waals surface area contributed by atoms with Gasteiger partial charge in [-0.3, -0.25) is 4.79 Å². The summed E-state index contributed by atoms with van der Waals surface area (Å²) in [5, 5.41) is 0. The lowest BCUT2D eigenvalue weighted by Crippen LogP contribution is -2.06. The molecule has 0 amide bonds. The summed E-state index contributed by atoms with van der Waals surface area (Å²) in [4.78, 5) is 11.7. The van der Waals surface area contributed by atoms with Crippen LogP contribution in [-0.2, 0) is 22.6 Å². The molecule has 1 heterocycles. The molecule has 0 atom stereocenters. The highest BCUT2D eigenvalue weighted by molar-refractivity contribution is 5.69. The summed E-state index contributed by atoms with van der Waals surface area (Å²) in [6.45, 7) is 0.150. The Morgan fingerprint density at radius 3 is 2.71 bits per heavy atom. The van der Waals surface area contributed by atoms with Crippen LogP contribution in [0.4, 0.5) is 0 Å². The fraction of sp³-hybridized carbons (Fsp3) is 0.312. The van der Waals surface area contributed by atoms with Crippen molar-refractivity contribution in [3.8, 4) is 11.5 Å². The molecule has 0 aliphatic rings. The minimum atomic E-state index is -0.281. The second-order valence-corrected chi connectivity index (χ2v) is 4.42. The average molecular weight is 290 g/mol. The summed E-state index contributed by atoms with van der Waals surface area (Å²) in [5.74, 6) is 1.84. The number of carbonyl (C=O) groups excluding carboxylic acids is 1. The minimum absolute atomic E-state index is 0.150. The predicted octanol–water partition coefficient (Wildman–Crippen LogP) is 2.97. The molecule has 0 spiro atoms. The van der Waals surface area contributed by atoms with Gasteiger partial charge in [0.1, 0.15) is 23.9 Å². The Balaban J connectivity index is 1.88. The molecule has 5 heteroatoms. The molecule has 0 saturated heterocycles. The number of hydrogen-bond donors (Lipinski definition) is 0. The van der Waals surface area contributed by atoms with E-state index in [1.54, 1.807) is 44.7 Å². The molecule has 0 saturated carbocycles. The van der Waals surface area contributed by atoms with Crippen molar-refractivity contribution in [2.75, 3.05) is 14.2 Å². The first kappa shape index (κ1) is 15.0. The molecule has 1 aromatic heterocycles. The van der Waals surface area contributed by atoms with Crippen LogP contribution in [0, 0.1) is 0 Å². The van der Waals surface area contributed by atoms with E-state index in [1.165, 1.54) is 0 Å². The number of carbonyl (C=O) groups is 1. The highest BCUT2D eigenvalue weighted by Gasteiger charge is 2.09. The molecule has 0 fully saturated rings. The zero-order valence-electron chi connectivity index (χ0n) is 12.1. The van der Waals surface area contributed by atoms with Crippen LogP contribution in [0.5, 0.6) is 11.5 Å². The molecule has 2 aromatic rings. The monoisotopic (exact) mass is 290 g/mol. The number of rotatable bonds is 7. The molecule has 0 aliphatic carbocycles. The van der Waals surface area contributed by atoms with Crippen LogP contribution in [0.2, 0.25) is 0 Å². The van der Waals surface area contributed by atoms with E-state index in [9.17, 15) is 4.79 Å². The van der Waals surface area contributed by atoms with Crippen LogP contribution in [-0.4, -0.2) is 20.2 Å². The molecule has 5 nitrogen and oxygen atoms in total. The van der Waals surface area contributed by atoms with Gasteiger partial charge in [0.2, 0.25) is 0 Å². The normalized spacial score (nSPS) is 10.2. The van der Waals surface area contributed by atoms with Gasteiger partial charge in [-0.25, -0.2) is 0 Å². The molecule has 112 valence electrons. The third kappa shape index (κ3) is 4.27. The van der Waals surface area contributed by atoms with E-state index in [-0.39, 0.29) is 19.0 Å². The van der Waals surface area contributed by atoms with Crippen LogP contribution in [0.1, 0.15) is 17.7 Å². The first-order valence-corrected chi connectivity index (χ1v) is 6.62. The Labute approximate surface area is 123 Å². The fourth-order valence-electron chi connectivity index (χ4n) is 1.91. The number of methoxy groups -OCH3 is 2. The number of furan rings is 1. The van der Waals surface area contributed by atoms with E-state index in [0.717, 1.165) is 11.3 Å². The number of ether oxygens (including phenoxy) is 3. The molecule has 0 aliphatic heterocycles. The maximum atomic E-state index is 11.7. The zero-order chi connectivity index (χ0) is 15.1. The minimum Gasteiger partial charge on any atom is -0.497 e. The maximum absolute atomic E-state index is 11.7. The van der Waals surface area contributed by atoms with Crippen molar-refractivity contribution >= 4 is 5.97 Å². The standard InChI is InChI=1S/C16H18O5/c1-18-14-5-7-15(19-2)12(10-14)11-21-16(17)8-6-13-4-3-9-20-13/h3-5,7,9-10H,6,8,11H2,1-2H3. The lowest BCUT2D eigenvalue weighted by atomic mass is 10.2. The van der Waals surface area contributed by atoms with Crippen molar-refractivity contribution in [3.63, 3.8) is 0 Å². The van der Waals surface area contributed by atoms with Crippen molar-refractivity contribution in [1.29, 1.82) is 0 Å².